The summed E-state index contributed by atoms with van der Waals surface area (Å²) in [6.45, 7) is 0. The van der Waals surface area contributed by atoms with Gasteiger partial charge in [0.2, 0.25) is 0 Å². The molecule has 1 aromatic carbocycles. The molecule has 0 saturated carbocycles. The van der Waals surface area contributed by atoms with Crippen LogP contribution in [0, 0.1) is 0 Å². The van der Waals surface area contributed by atoms with Gasteiger partial charge in [0.05, 0.1) is 14.2 Å². The predicted octanol–water partition coefficient (Wildman–Crippen LogP) is 3.45. The topological polar surface area (TPSA) is 30.5 Å². The molecule has 1 fully saturated rings. The number of rotatable bonds is 3. The molecule has 0 aliphatic carbocycles. The van der Waals surface area contributed by atoms with Crippen LogP contribution in [-0.4, -0.2) is 26.4 Å². The maximum Gasteiger partial charge on any atom is 0.403 e. The van der Waals surface area contributed by atoms with Crippen LogP contribution in [0.4, 0.5) is 13.2 Å². The Labute approximate surface area is 116 Å². The summed E-state index contributed by atoms with van der Waals surface area (Å²) in [5.74, 6) is 1.17. The molecule has 20 heavy (non-hydrogen) atoms. The van der Waals surface area contributed by atoms with Gasteiger partial charge in [0.15, 0.2) is 0 Å². The number of methoxy groups -OCH3 is 2. The Hall–Kier alpha value is -1.43. The quantitative estimate of drug-likeness (QED) is 0.924. The zero-order valence-electron chi connectivity index (χ0n) is 11.5. The van der Waals surface area contributed by atoms with Crippen molar-refractivity contribution in [1.82, 2.24) is 5.32 Å². The van der Waals surface area contributed by atoms with Gasteiger partial charge < -0.3 is 9.47 Å². The summed E-state index contributed by atoms with van der Waals surface area (Å²) < 4.78 is 48.8. The molecule has 2 unspecified atom stereocenters. The summed E-state index contributed by atoms with van der Waals surface area (Å²) in [6, 6.07) is 3.38. The molecule has 112 valence electrons. The maximum absolute atomic E-state index is 12.8. The van der Waals surface area contributed by atoms with E-state index >= 15 is 0 Å². The monoisotopic (exact) mass is 289 g/mol. The first kappa shape index (κ1) is 15.0. The number of ether oxygens (including phenoxy) is 2. The van der Waals surface area contributed by atoms with Gasteiger partial charge in [-0.05, 0) is 25.3 Å². The van der Waals surface area contributed by atoms with Gasteiger partial charge in [-0.25, -0.2) is 0 Å². The molecule has 0 aromatic heterocycles. The summed E-state index contributed by atoms with van der Waals surface area (Å²) in [5.41, 5.74) is 0.738. The molecule has 3 nitrogen and oxygen atoms in total. The highest BCUT2D eigenvalue weighted by Gasteiger charge is 2.42. The smallest absolute Gasteiger partial charge is 0.403 e. The second kappa shape index (κ2) is 5.91. The molecule has 6 heteroatoms. The first-order chi connectivity index (χ1) is 9.45. The zero-order valence-corrected chi connectivity index (χ0v) is 11.5. The van der Waals surface area contributed by atoms with Crippen molar-refractivity contribution in [3.63, 3.8) is 0 Å². The number of nitrogens with one attached hydrogen (secondary N) is 1. The van der Waals surface area contributed by atoms with E-state index in [0.717, 1.165) is 5.56 Å². The van der Waals surface area contributed by atoms with Gasteiger partial charge in [-0.1, -0.05) is 6.07 Å². The van der Waals surface area contributed by atoms with Crippen molar-refractivity contribution in [3.05, 3.63) is 23.8 Å². The van der Waals surface area contributed by atoms with Gasteiger partial charge in [0.1, 0.15) is 17.5 Å². The van der Waals surface area contributed by atoms with E-state index < -0.39 is 12.2 Å². The van der Waals surface area contributed by atoms with E-state index in [1.54, 1.807) is 18.2 Å². The molecule has 0 radical (unpaired) electrons. The fourth-order valence-electron chi connectivity index (χ4n) is 2.55. The highest BCUT2D eigenvalue weighted by Crippen LogP contribution is 2.37. The van der Waals surface area contributed by atoms with Crippen molar-refractivity contribution < 1.29 is 22.6 Å². The minimum Gasteiger partial charge on any atom is -0.497 e. The van der Waals surface area contributed by atoms with Crippen LogP contribution in [0.1, 0.15) is 30.9 Å². The average molecular weight is 289 g/mol. The Morgan fingerprint density at radius 3 is 2.50 bits per heavy atom. The van der Waals surface area contributed by atoms with Crippen LogP contribution in [-0.2, 0) is 0 Å². The van der Waals surface area contributed by atoms with Gasteiger partial charge in [0, 0.05) is 17.7 Å². The lowest BCUT2D eigenvalue weighted by Crippen LogP contribution is -2.46. The number of piperidine rings is 1. The Kier molecular flexibility index (Phi) is 4.42. The normalized spacial score (nSPS) is 23.4. The SMILES string of the molecule is COc1ccc(C2CCCC(C(F)(F)F)N2)c(OC)c1. The number of hydrogen-bond acceptors (Lipinski definition) is 3. The van der Waals surface area contributed by atoms with E-state index in [1.807, 2.05) is 0 Å². The van der Waals surface area contributed by atoms with Crippen molar-refractivity contribution in [3.8, 4) is 11.5 Å². The number of alkyl halides is 3. The van der Waals surface area contributed by atoms with Crippen LogP contribution in [0.15, 0.2) is 18.2 Å². The molecule has 1 heterocycles. The third kappa shape index (κ3) is 3.17. The molecule has 1 aromatic rings. The second-order valence-electron chi connectivity index (χ2n) is 4.85. The van der Waals surface area contributed by atoms with E-state index in [2.05, 4.69) is 5.32 Å². The predicted molar refractivity (Wildman–Crippen MR) is 69.1 cm³/mol. The molecule has 0 bridgehead atoms. The highest BCUT2D eigenvalue weighted by atomic mass is 19.4. The summed E-state index contributed by atoms with van der Waals surface area (Å²) in [6.07, 6.45) is -2.89. The minimum atomic E-state index is -4.21. The lowest BCUT2D eigenvalue weighted by Gasteiger charge is -2.33. The largest absolute Gasteiger partial charge is 0.497 e. The zero-order chi connectivity index (χ0) is 14.8. The van der Waals surface area contributed by atoms with Crippen LogP contribution in [0.5, 0.6) is 11.5 Å². The Balaban J connectivity index is 2.22. The fraction of sp³-hybridized carbons (Fsp3) is 0.571. The third-order valence-corrected chi connectivity index (χ3v) is 3.60. The third-order valence-electron chi connectivity index (χ3n) is 3.60. The Morgan fingerprint density at radius 2 is 1.90 bits per heavy atom. The van der Waals surface area contributed by atoms with Crippen molar-refractivity contribution in [2.24, 2.45) is 0 Å². The van der Waals surface area contributed by atoms with Crippen molar-refractivity contribution in [1.29, 1.82) is 0 Å². The summed E-state index contributed by atoms with van der Waals surface area (Å²) >= 11 is 0. The van der Waals surface area contributed by atoms with E-state index in [9.17, 15) is 13.2 Å². The molecular formula is C14H18F3NO2. The first-order valence-corrected chi connectivity index (χ1v) is 6.50. The molecule has 1 aliphatic heterocycles. The first-order valence-electron chi connectivity index (χ1n) is 6.50. The summed E-state index contributed by atoms with van der Waals surface area (Å²) in [7, 11) is 3.04. The van der Waals surface area contributed by atoms with Crippen LogP contribution < -0.4 is 14.8 Å². The van der Waals surface area contributed by atoms with Crippen molar-refractivity contribution in [2.45, 2.75) is 37.5 Å². The van der Waals surface area contributed by atoms with Gasteiger partial charge in [-0.3, -0.25) is 5.32 Å². The van der Waals surface area contributed by atoms with Crippen LogP contribution in [0.2, 0.25) is 0 Å². The second-order valence-corrected chi connectivity index (χ2v) is 4.85. The Bertz CT molecular complexity index is 462. The molecule has 0 spiro atoms. The van der Waals surface area contributed by atoms with E-state index in [1.165, 1.54) is 14.2 Å². The molecule has 1 N–H and O–H groups in total. The Morgan fingerprint density at radius 1 is 1.15 bits per heavy atom. The standard InChI is InChI=1S/C14H18F3NO2/c1-19-9-6-7-10(12(8-9)20-2)11-4-3-5-13(18-11)14(15,16)17/h6-8,11,13,18H,3-5H2,1-2H3. The number of hydrogen-bond donors (Lipinski definition) is 1. The van der Waals surface area contributed by atoms with E-state index in [0.29, 0.717) is 24.3 Å². The molecule has 1 aliphatic rings. The molecule has 2 atom stereocenters. The van der Waals surface area contributed by atoms with Crippen LogP contribution >= 0.6 is 0 Å². The molecular weight excluding hydrogens is 271 g/mol. The van der Waals surface area contributed by atoms with Crippen LogP contribution in [0.3, 0.4) is 0 Å². The molecule has 1 saturated heterocycles. The number of benzene rings is 1. The van der Waals surface area contributed by atoms with Gasteiger partial charge in [-0.2, -0.15) is 13.2 Å². The van der Waals surface area contributed by atoms with Crippen molar-refractivity contribution >= 4 is 0 Å². The lowest BCUT2D eigenvalue weighted by atomic mass is 9.92. The molecule has 0 amide bonds. The van der Waals surface area contributed by atoms with E-state index in [-0.39, 0.29) is 12.5 Å². The van der Waals surface area contributed by atoms with Gasteiger partial charge in [-0.15, -0.1) is 0 Å². The number of halogens is 3. The van der Waals surface area contributed by atoms with Gasteiger partial charge in [0.25, 0.3) is 0 Å². The lowest BCUT2D eigenvalue weighted by molar-refractivity contribution is -0.163. The minimum absolute atomic E-state index is 0.123. The van der Waals surface area contributed by atoms with Gasteiger partial charge >= 0.3 is 6.18 Å². The summed E-state index contributed by atoms with van der Waals surface area (Å²) in [4.78, 5) is 0. The van der Waals surface area contributed by atoms with Crippen LogP contribution in [0.25, 0.3) is 0 Å². The maximum atomic E-state index is 12.8. The summed E-state index contributed by atoms with van der Waals surface area (Å²) in [5, 5.41) is 2.68. The fourth-order valence-corrected chi connectivity index (χ4v) is 2.55. The van der Waals surface area contributed by atoms with Crippen molar-refractivity contribution in [2.75, 3.05) is 14.2 Å². The average Bonchev–Trinajstić information content (AvgIpc) is 2.45. The van der Waals surface area contributed by atoms with E-state index in [4.69, 9.17) is 9.47 Å². The highest BCUT2D eigenvalue weighted by molar-refractivity contribution is 5.42. The molecule has 2 rings (SSSR count).